The minimum absolute atomic E-state index is 0.437. The van der Waals surface area contributed by atoms with Crippen LogP contribution in [0, 0.1) is 6.92 Å². The summed E-state index contributed by atoms with van der Waals surface area (Å²) < 4.78 is 5.74. The van der Waals surface area contributed by atoms with Gasteiger partial charge in [-0.15, -0.1) is 11.3 Å². The number of aryl methyl sites for hydroxylation is 1. The molecule has 1 aromatic heterocycles. The van der Waals surface area contributed by atoms with Gasteiger partial charge >= 0.3 is 0 Å². The molecule has 88 valence electrons. The standard InChI is InChI=1S/C12H18N2OS/c1-10-8-16-9-12(10)15-7-6-14-5-4-13(3)11(14)2/h4-5,8-9,11H,6-7H2,1-3H3. The van der Waals surface area contributed by atoms with Crippen LogP contribution >= 0.6 is 11.3 Å². The SMILES string of the molecule is Cc1cscc1OCCN1C=CN(C)C1C. The van der Waals surface area contributed by atoms with Gasteiger partial charge in [0.25, 0.3) is 0 Å². The fourth-order valence-electron chi connectivity index (χ4n) is 1.69. The summed E-state index contributed by atoms with van der Waals surface area (Å²) in [6.45, 7) is 5.94. The molecule has 0 bridgehead atoms. The van der Waals surface area contributed by atoms with E-state index >= 15 is 0 Å². The highest BCUT2D eigenvalue weighted by Crippen LogP contribution is 2.22. The van der Waals surface area contributed by atoms with Crippen molar-refractivity contribution in [2.45, 2.75) is 20.0 Å². The van der Waals surface area contributed by atoms with Crippen LogP contribution in [0.5, 0.6) is 5.75 Å². The van der Waals surface area contributed by atoms with Crippen LogP contribution in [0.1, 0.15) is 12.5 Å². The van der Waals surface area contributed by atoms with Crippen LogP contribution < -0.4 is 4.74 Å². The van der Waals surface area contributed by atoms with Crippen LogP contribution in [0.25, 0.3) is 0 Å². The van der Waals surface area contributed by atoms with Gasteiger partial charge in [0, 0.05) is 30.4 Å². The molecule has 3 nitrogen and oxygen atoms in total. The van der Waals surface area contributed by atoms with Gasteiger partial charge in [0.05, 0.1) is 12.7 Å². The lowest BCUT2D eigenvalue weighted by Crippen LogP contribution is -2.35. The van der Waals surface area contributed by atoms with Crippen molar-refractivity contribution < 1.29 is 4.74 Å². The van der Waals surface area contributed by atoms with Gasteiger partial charge in [0.2, 0.25) is 0 Å². The zero-order chi connectivity index (χ0) is 11.5. The Morgan fingerprint density at radius 3 is 2.75 bits per heavy atom. The summed E-state index contributed by atoms with van der Waals surface area (Å²) >= 11 is 1.69. The smallest absolute Gasteiger partial charge is 0.132 e. The highest BCUT2D eigenvalue weighted by Gasteiger charge is 2.17. The maximum atomic E-state index is 5.74. The lowest BCUT2D eigenvalue weighted by molar-refractivity contribution is 0.166. The first kappa shape index (κ1) is 11.3. The van der Waals surface area contributed by atoms with E-state index in [2.05, 4.69) is 53.9 Å². The van der Waals surface area contributed by atoms with Gasteiger partial charge in [0.15, 0.2) is 0 Å². The van der Waals surface area contributed by atoms with E-state index in [0.717, 1.165) is 18.9 Å². The Balaban J connectivity index is 1.77. The number of hydrogen-bond donors (Lipinski definition) is 0. The largest absolute Gasteiger partial charge is 0.491 e. The van der Waals surface area contributed by atoms with Gasteiger partial charge in [-0.3, -0.25) is 0 Å². The van der Waals surface area contributed by atoms with Crippen LogP contribution in [0.4, 0.5) is 0 Å². The Morgan fingerprint density at radius 1 is 1.38 bits per heavy atom. The van der Waals surface area contributed by atoms with Gasteiger partial charge in [-0.05, 0) is 19.2 Å². The summed E-state index contributed by atoms with van der Waals surface area (Å²) in [7, 11) is 2.09. The number of thiophene rings is 1. The number of ether oxygens (including phenoxy) is 1. The van der Waals surface area contributed by atoms with Gasteiger partial charge < -0.3 is 14.5 Å². The highest BCUT2D eigenvalue weighted by molar-refractivity contribution is 7.08. The van der Waals surface area contributed by atoms with Crippen molar-refractivity contribution in [1.29, 1.82) is 0 Å². The third-order valence-electron chi connectivity index (χ3n) is 2.98. The molecule has 0 radical (unpaired) electrons. The van der Waals surface area contributed by atoms with Crippen molar-refractivity contribution >= 4 is 11.3 Å². The molecule has 16 heavy (non-hydrogen) atoms. The van der Waals surface area contributed by atoms with Gasteiger partial charge in [-0.25, -0.2) is 0 Å². The van der Waals surface area contributed by atoms with E-state index in [1.54, 1.807) is 11.3 Å². The first-order chi connectivity index (χ1) is 7.68. The van der Waals surface area contributed by atoms with Crippen molar-refractivity contribution in [3.05, 3.63) is 28.7 Å². The van der Waals surface area contributed by atoms with Crippen LogP contribution in [0.2, 0.25) is 0 Å². The topological polar surface area (TPSA) is 15.7 Å². The Hall–Kier alpha value is -1.16. The molecular formula is C12H18N2OS. The molecule has 2 heterocycles. The molecule has 0 spiro atoms. The van der Waals surface area contributed by atoms with E-state index in [1.165, 1.54) is 5.56 Å². The number of hydrogen-bond acceptors (Lipinski definition) is 4. The van der Waals surface area contributed by atoms with Crippen LogP contribution in [-0.2, 0) is 0 Å². The minimum Gasteiger partial charge on any atom is -0.491 e. The summed E-state index contributed by atoms with van der Waals surface area (Å²) in [5.41, 5.74) is 1.23. The molecule has 0 N–H and O–H groups in total. The minimum atomic E-state index is 0.437. The van der Waals surface area contributed by atoms with Crippen LogP contribution in [0.3, 0.4) is 0 Å². The maximum Gasteiger partial charge on any atom is 0.132 e. The van der Waals surface area contributed by atoms with Crippen molar-refractivity contribution in [3.8, 4) is 5.75 Å². The highest BCUT2D eigenvalue weighted by atomic mass is 32.1. The molecule has 0 saturated heterocycles. The zero-order valence-electron chi connectivity index (χ0n) is 10.0. The molecule has 0 aliphatic carbocycles. The van der Waals surface area contributed by atoms with Crippen LogP contribution in [0.15, 0.2) is 23.2 Å². The van der Waals surface area contributed by atoms with Crippen molar-refractivity contribution in [3.63, 3.8) is 0 Å². The van der Waals surface area contributed by atoms with Gasteiger partial charge in [0.1, 0.15) is 12.4 Å². The average molecular weight is 238 g/mol. The Bertz CT molecular complexity index is 375. The zero-order valence-corrected chi connectivity index (χ0v) is 10.8. The molecule has 4 heteroatoms. The van der Waals surface area contributed by atoms with E-state index in [0.29, 0.717) is 6.17 Å². The van der Waals surface area contributed by atoms with Crippen molar-refractivity contribution in [2.24, 2.45) is 0 Å². The second kappa shape index (κ2) is 4.78. The third-order valence-corrected chi connectivity index (χ3v) is 3.82. The lowest BCUT2D eigenvalue weighted by Gasteiger charge is -2.26. The fraction of sp³-hybridized carbons (Fsp3) is 0.500. The summed E-state index contributed by atoms with van der Waals surface area (Å²) in [5, 5.41) is 4.17. The van der Waals surface area contributed by atoms with E-state index in [4.69, 9.17) is 4.74 Å². The van der Waals surface area contributed by atoms with E-state index in [9.17, 15) is 0 Å². The first-order valence-electron chi connectivity index (χ1n) is 5.50. The Labute approximate surface area is 101 Å². The first-order valence-corrected chi connectivity index (χ1v) is 6.44. The molecule has 0 aromatic carbocycles. The quantitative estimate of drug-likeness (QED) is 0.801. The monoisotopic (exact) mass is 238 g/mol. The van der Waals surface area contributed by atoms with Gasteiger partial charge in [-0.2, -0.15) is 0 Å². The predicted octanol–water partition coefficient (Wildman–Crippen LogP) is 2.50. The molecule has 1 atom stereocenters. The third kappa shape index (κ3) is 2.32. The summed E-state index contributed by atoms with van der Waals surface area (Å²) in [4.78, 5) is 4.47. The molecule has 1 aromatic rings. The molecule has 2 rings (SSSR count). The lowest BCUT2D eigenvalue weighted by atomic mass is 10.4. The second-order valence-corrected chi connectivity index (χ2v) is 4.84. The van der Waals surface area contributed by atoms with Gasteiger partial charge in [-0.1, -0.05) is 0 Å². The average Bonchev–Trinajstić information content (AvgIpc) is 2.80. The van der Waals surface area contributed by atoms with E-state index < -0.39 is 0 Å². The molecular weight excluding hydrogens is 220 g/mol. The number of nitrogens with zero attached hydrogens (tertiary/aromatic N) is 2. The molecule has 0 amide bonds. The molecule has 1 aliphatic heterocycles. The molecule has 1 aliphatic rings. The maximum absolute atomic E-state index is 5.74. The normalized spacial score (nSPS) is 19.6. The summed E-state index contributed by atoms with van der Waals surface area (Å²) in [6.07, 6.45) is 4.65. The van der Waals surface area contributed by atoms with E-state index in [1.807, 2.05) is 0 Å². The second-order valence-electron chi connectivity index (χ2n) is 4.10. The molecule has 0 fully saturated rings. The number of rotatable bonds is 4. The van der Waals surface area contributed by atoms with Crippen molar-refractivity contribution in [2.75, 3.05) is 20.2 Å². The van der Waals surface area contributed by atoms with Crippen molar-refractivity contribution in [1.82, 2.24) is 9.80 Å². The summed E-state index contributed by atoms with van der Waals surface area (Å²) in [6, 6.07) is 0. The molecule has 0 saturated carbocycles. The Kier molecular flexibility index (Phi) is 3.39. The molecule has 1 unspecified atom stereocenters. The van der Waals surface area contributed by atoms with E-state index in [-0.39, 0.29) is 0 Å². The Morgan fingerprint density at radius 2 is 2.19 bits per heavy atom. The fourth-order valence-corrected chi connectivity index (χ4v) is 2.46. The summed E-state index contributed by atoms with van der Waals surface area (Å²) in [5.74, 6) is 1.02. The predicted molar refractivity (Wildman–Crippen MR) is 67.6 cm³/mol. The van der Waals surface area contributed by atoms with Crippen LogP contribution in [-0.4, -0.2) is 36.2 Å².